The fourth-order valence-corrected chi connectivity index (χ4v) is 1.98. The Morgan fingerprint density at radius 1 is 1.00 bits per heavy atom. The molecular formula is C17H19NO2S. The Morgan fingerprint density at radius 3 is 2.57 bits per heavy atom. The van der Waals surface area contributed by atoms with Gasteiger partial charge in [0.1, 0.15) is 10.7 Å². The van der Waals surface area contributed by atoms with Gasteiger partial charge in [-0.1, -0.05) is 54.7 Å². The third kappa shape index (κ3) is 5.53. The fraction of sp³-hybridized carbons (Fsp3) is 0.235. The number of thiocarbonyl (C=S) groups is 1. The molecule has 0 fully saturated rings. The molecule has 0 spiro atoms. The highest BCUT2D eigenvalue weighted by Gasteiger charge is 1.99. The molecule has 2 aromatic carbocycles. The summed E-state index contributed by atoms with van der Waals surface area (Å²) in [7, 11) is 0. The lowest BCUT2D eigenvalue weighted by Gasteiger charge is -2.08. The number of benzene rings is 2. The summed E-state index contributed by atoms with van der Waals surface area (Å²) in [5, 5.41) is 0. The number of nitrogens with two attached hydrogens (primary N) is 1. The molecule has 0 saturated heterocycles. The SMILES string of the molecule is NC(=S)c1cccc(OCCCOCc2ccccc2)c1. The molecule has 0 saturated carbocycles. The summed E-state index contributed by atoms with van der Waals surface area (Å²) in [6, 6.07) is 17.6. The van der Waals surface area contributed by atoms with Crippen LogP contribution in [0.4, 0.5) is 0 Å². The van der Waals surface area contributed by atoms with Gasteiger partial charge in [-0.3, -0.25) is 0 Å². The highest BCUT2D eigenvalue weighted by Crippen LogP contribution is 2.13. The first-order chi connectivity index (χ1) is 10.3. The summed E-state index contributed by atoms with van der Waals surface area (Å²) in [6.45, 7) is 1.91. The smallest absolute Gasteiger partial charge is 0.119 e. The second-order valence-corrected chi connectivity index (χ2v) is 5.07. The molecule has 0 heterocycles. The van der Waals surface area contributed by atoms with E-state index < -0.39 is 0 Å². The standard InChI is InChI=1S/C17H19NO2S/c18-17(21)15-8-4-9-16(12-15)20-11-5-10-19-13-14-6-2-1-3-7-14/h1-4,6-9,12H,5,10-11,13H2,(H2,18,21). The number of hydrogen-bond donors (Lipinski definition) is 1. The topological polar surface area (TPSA) is 44.5 Å². The van der Waals surface area contributed by atoms with E-state index in [-0.39, 0.29) is 0 Å². The lowest BCUT2D eigenvalue weighted by Crippen LogP contribution is -2.09. The van der Waals surface area contributed by atoms with Gasteiger partial charge in [-0.2, -0.15) is 0 Å². The zero-order valence-corrected chi connectivity index (χ0v) is 12.6. The van der Waals surface area contributed by atoms with E-state index in [2.05, 4.69) is 12.1 Å². The summed E-state index contributed by atoms with van der Waals surface area (Å²) in [4.78, 5) is 0.381. The minimum atomic E-state index is 0.381. The van der Waals surface area contributed by atoms with Crippen molar-refractivity contribution in [2.45, 2.75) is 13.0 Å². The average molecular weight is 301 g/mol. The van der Waals surface area contributed by atoms with Crippen molar-refractivity contribution < 1.29 is 9.47 Å². The predicted molar refractivity (Wildman–Crippen MR) is 88.5 cm³/mol. The van der Waals surface area contributed by atoms with Crippen LogP contribution in [-0.2, 0) is 11.3 Å². The Hall–Kier alpha value is -1.91. The Balaban J connectivity index is 1.64. The molecule has 0 amide bonds. The third-order valence-corrected chi connectivity index (χ3v) is 3.17. The molecule has 0 unspecified atom stereocenters. The molecule has 0 aliphatic heterocycles. The van der Waals surface area contributed by atoms with Gasteiger partial charge >= 0.3 is 0 Å². The van der Waals surface area contributed by atoms with Crippen molar-refractivity contribution >= 4 is 17.2 Å². The van der Waals surface area contributed by atoms with Gasteiger partial charge in [0, 0.05) is 12.0 Å². The average Bonchev–Trinajstić information content (AvgIpc) is 2.52. The second kappa shape index (κ2) is 8.39. The first-order valence-corrected chi connectivity index (χ1v) is 7.31. The van der Waals surface area contributed by atoms with Crippen molar-refractivity contribution in [3.05, 3.63) is 65.7 Å². The van der Waals surface area contributed by atoms with Gasteiger partial charge in [0.25, 0.3) is 0 Å². The number of hydrogen-bond acceptors (Lipinski definition) is 3. The van der Waals surface area contributed by atoms with E-state index in [0.29, 0.717) is 24.8 Å². The van der Waals surface area contributed by atoms with Crippen molar-refractivity contribution in [1.29, 1.82) is 0 Å². The molecule has 21 heavy (non-hydrogen) atoms. The van der Waals surface area contributed by atoms with Crippen LogP contribution in [0.3, 0.4) is 0 Å². The van der Waals surface area contributed by atoms with E-state index in [0.717, 1.165) is 17.7 Å². The lowest BCUT2D eigenvalue weighted by molar-refractivity contribution is 0.107. The van der Waals surface area contributed by atoms with Crippen LogP contribution in [0.2, 0.25) is 0 Å². The van der Waals surface area contributed by atoms with E-state index in [9.17, 15) is 0 Å². The third-order valence-electron chi connectivity index (χ3n) is 2.93. The van der Waals surface area contributed by atoms with E-state index in [1.807, 2.05) is 42.5 Å². The summed E-state index contributed by atoms with van der Waals surface area (Å²) in [5.74, 6) is 0.781. The minimum Gasteiger partial charge on any atom is -0.493 e. The highest BCUT2D eigenvalue weighted by atomic mass is 32.1. The Labute approximate surface area is 130 Å². The second-order valence-electron chi connectivity index (χ2n) is 4.63. The van der Waals surface area contributed by atoms with Gasteiger partial charge in [-0.25, -0.2) is 0 Å². The fourth-order valence-electron chi connectivity index (χ4n) is 1.85. The van der Waals surface area contributed by atoms with Crippen LogP contribution in [0.5, 0.6) is 5.75 Å². The molecular weight excluding hydrogens is 282 g/mol. The molecule has 3 nitrogen and oxygen atoms in total. The maximum absolute atomic E-state index is 5.65. The van der Waals surface area contributed by atoms with Gasteiger partial charge in [-0.05, 0) is 17.7 Å². The van der Waals surface area contributed by atoms with Crippen LogP contribution in [-0.4, -0.2) is 18.2 Å². The predicted octanol–water partition coefficient (Wildman–Crippen LogP) is 3.31. The first kappa shape index (κ1) is 15.5. The molecule has 0 bridgehead atoms. The molecule has 110 valence electrons. The maximum atomic E-state index is 5.65. The van der Waals surface area contributed by atoms with Crippen molar-refractivity contribution in [1.82, 2.24) is 0 Å². The normalized spacial score (nSPS) is 10.3. The first-order valence-electron chi connectivity index (χ1n) is 6.90. The van der Waals surface area contributed by atoms with E-state index in [4.69, 9.17) is 27.4 Å². The van der Waals surface area contributed by atoms with Crippen molar-refractivity contribution in [2.24, 2.45) is 5.73 Å². The molecule has 2 N–H and O–H groups in total. The van der Waals surface area contributed by atoms with Crippen LogP contribution in [0, 0.1) is 0 Å². The summed E-state index contributed by atoms with van der Waals surface area (Å²) >= 11 is 4.94. The van der Waals surface area contributed by atoms with Gasteiger partial charge in [0.05, 0.1) is 19.8 Å². The molecule has 0 aromatic heterocycles. The minimum absolute atomic E-state index is 0.381. The van der Waals surface area contributed by atoms with Crippen LogP contribution >= 0.6 is 12.2 Å². The summed E-state index contributed by atoms with van der Waals surface area (Å²) in [5.41, 5.74) is 7.59. The number of rotatable bonds is 8. The monoisotopic (exact) mass is 301 g/mol. The zero-order valence-electron chi connectivity index (χ0n) is 11.8. The van der Waals surface area contributed by atoms with Gasteiger partial charge in [0.15, 0.2) is 0 Å². The van der Waals surface area contributed by atoms with Crippen LogP contribution in [0.1, 0.15) is 17.5 Å². The van der Waals surface area contributed by atoms with Gasteiger partial charge < -0.3 is 15.2 Å². The highest BCUT2D eigenvalue weighted by molar-refractivity contribution is 7.80. The van der Waals surface area contributed by atoms with Crippen LogP contribution < -0.4 is 10.5 Å². The number of ether oxygens (including phenoxy) is 2. The molecule has 4 heteroatoms. The van der Waals surface area contributed by atoms with Crippen molar-refractivity contribution in [2.75, 3.05) is 13.2 Å². The molecule has 0 atom stereocenters. The lowest BCUT2D eigenvalue weighted by atomic mass is 10.2. The quantitative estimate of drug-likeness (QED) is 0.600. The van der Waals surface area contributed by atoms with Crippen molar-refractivity contribution in [3.8, 4) is 5.75 Å². The Kier molecular flexibility index (Phi) is 6.19. The Morgan fingerprint density at radius 2 is 1.81 bits per heavy atom. The summed E-state index contributed by atoms with van der Waals surface area (Å²) < 4.78 is 11.3. The Bertz CT molecular complexity index is 572. The molecule has 0 radical (unpaired) electrons. The van der Waals surface area contributed by atoms with E-state index in [1.54, 1.807) is 0 Å². The summed E-state index contributed by atoms with van der Waals surface area (Å²) in [6.07, 6.45) is 0.837. The van der Waals surface area contributed by atoms with Gasteiger partial charge in [-0.15, -0.1) is 0 Å². The largest absolute Gasteiger partial charge is 0.493 e. The zero-order chi connectivity index (χ0) is 14.9. The van der Waals surface area contributed by atoms with E-state index >= 15 is 0 Å². The maximum Gasteiger partial charge on any atom is 0.119 e. The van der Waals surface area contributed by atoms with Crippen LogP contribution in [0.25, 0.3) is 0 Å². The van der Waals surface area contributed by atoms with E-state index in [1.165, 1.54) is 5.56 Å². The molecule has 2 aromatic rings. The molecule has 0 aliphatic rings. The van der Waals surface area contributed by atoms with Gasteiger partial charge in [0.2, 0.25) is 0 Å². The van der Waals surface area contributed by atoms with Crippen LogP contribution in [0.15, 0.2) is 54.6 Å². The molecule has 2 rings (SSSR count). The molecule has 0 aliphatic carbocycles. The van der Waals surface area contributed by atoms with Crippen molar-refractivity contribution in [3.63, 3.8) is 0 Å².